The first-order valence-corrected chi connectivity index (χ1v) is 12.8. The maximum atomic E-state index is 13.5. The van der Waals surface area contributed by atoms with Crippen molar-refractivity contribution >= 4 is 17.4 Å². The predicted molar refractivity (Wildman–Crippen MR) is 143 cm³/mol. The standard InChI is InChI=1S/C31H32FNO5/c1-4-37-26-18-23(12-15-25(26)38-17-16-20(2)3)28-27(29(34)22-10-13-24(32)14-11-22)30(35)31(36)33(28)19-21-8-6-5-7-9-21/h5-15,18,20,28,34H,4,16-17,19H2,1-3H3/b29-27+. The number of Topliss-reactive ketones (excluding diaryl/α,β-unsaturated/α-hetero) is 1. The third kappa shape index (κ3) is 5.88. The summed E-state index contributed by atoms with van der Waals surface area (Å²) >= 11 is 0. The first kappa shape index (κ1) is 26.9. The number of ketones is 1. The molecular weight excluding hydrogens is 485 g/mol. The number of aliphatic hydroxyl groups excluding tert-OH is 1. The van der Waals surface area contributed by atoms with Crippen molar-refractivity contribution in [2.75, 3.05) is 13.2 Å². The SMILES string of the molecule is CCOc1cc(C2/C(=C(\O)c3ccc(F)cc3)C(=O)C(=O)N2Cc2ccccc2)ccc1OCCC(C)C. The zero-order valence-electron chi connectivity index (χ0n) is 21.8. The highest BCUT2D eigenvalue weighted by molar-refractivity contribution is 6.46. The van der Waals surface area contributed by atoms with Crippen LogP contribution in [0.2, 0.25) is 0 Å². The van der Waals surface area contributed by atoms with Gasteiger partial charge in [0.1, 0.15) is 11.6 Å². The highest BCUT2D eigenvalue weighted by atomic mass is 19.1. The molecule has 1 atom stereocenters. The van der Waals surface area contributed by atoms with Gasteiger partial charge in [0, 0.05) is 12.1 Å². The number of rotatable bonds is 10. The van der Waals surface area contributed by atoms with Crippen molar-refractivity contribution < 1.29 is 28.6 Å². The highest BCUT2D eigenvalue weighted by Crippen LogP contribution is 2.42. The van der Waals surface area contributed by atoms with E-state index in [4.69, 9.17) is 9.47 Å². The van der Waals surface area contributed by atoms with E-state index in [1.54, 1.807) is 18.2 Å². The highest BCUT2D eigenvalue weighted by Gasteiger charge is 2.46. The number of amides is 1. The molecule has 0 aliphatic carbocycles. The van der Waals surface area contributed by atoms with Crippen molar-refractivity contribution in [2.45, 2.75) is 39.8 Å². The Hall–Kier alpha value is -4.13. The summed E-state index contributed by atoms with van der Waals surface area (Å²) in [5.41, 5.74) is 1.60. The largest absolute Gasteiger partial charge is 0.507 e. The molecule has 198 valence electrons. The van der Waals surface area contributed by atoms with Crippen molar-refractivity contribution in [1.82, 2.24) is 4.90 Å². The number of aliphatic hydroxyl groups is 1. The van der Waals surface area contributed by atoms with Gasteiger partial charge in [-0.15, -0.1) is 0 Å². The van der Waals surface area contributed by atoms with Crippen LogP contribution in [0.5, 0.6) is 11.5 Å². The minimum Gasteiger partial charge on any atom is -0.507 e. The van der Waals surface area contributed by atoms with Gasteiger partial charge in [-0.2, -0.15) is 0 Å². The quantitative estimate of drug-likeness (QED) is 0.195. The third-order valence-electron chi connectivity index (χ3n) is 6.39. The molecule has 1 aliphatic heterocycles. The van der Waals surface area contributed by atoms with Gasteiger partial charge in [0.05, 0.1) is 24.8 Å². The molecule has 1 fully saturated rings. The van der Waals surface area contributed by atoms with E-state index in [0.717, 1.165) is 12.0 Å². The fourth-order valence-electron chi connectivity index (χ4n) is 4.42. The van der Waals surface area contributed by atoms with Crippen molar-refractivity contribution in [1.29, 1.82) is 0 Å². The Kier molecular flexibility index (Phi) is 8.46. The Bertz CT molecular complexity index is 1320. The molecule has 0 saturated carbocycles. The topological polar surface area (TPSA) is 76.1 Å². The normalized spacial score (nSPS) is 16.8. The van der Waals surface area contributed by atoms with Crippen molar-refractivity contribution in [2.24, 2.45) is 5.92 Å². The minimum atomic E-state index is -0.885. The van der Waals surface area contributed by atoms with Crippen LogP contribution in [0.15, 0.2) is 78.4 Å². The Morgan fingerprint density at radius 2 is 1.68 bits per heavy atom. The van der Waals surface area contributed by atoms with Gasteiger partial charge in [0.2, 0.25) is 0 Å². The van der Waals surface area contributed by atoms with E-state index in [0.29, 0.717) is 36.2 Å². The number of halogens is 1. The summed E-state index contributed by atoms with van der Waals surface area (Å²) in [5, 5.41) is 11.2. The second-order valence-corrected chi connectivity index (χ2v) is 9.59. The molecule has 0 radical (unpaired) electrons. The summed E-state index contributed by atoms with van der Waals surface area (Å²) in [7, 11) is 0. The summed E-state index contributed by atoms with van der Waals surface area (Å²) in [6.07, 6.45) is 0.877. The number of likely N-dealkylation sites (tertiary alicyclic amines) is 1. The molecule has 6 nitrogen and oxygen atoms in total. The fourth-order valence-corrected chi connectivity index (χ4v) is 4.42. The molecule has 0 aromatic heterocycles. The first-order valence-electron chi connectivity index (χ1n) is 12.8. The molecule has 1 N–H and O–H groups in total. The number of benzene rings is 3. The van der Waals surface area contributed by atoms with Crippen molar-refractivity contribution in [3.8, 4) is 11.5 Å². The van der Waals surface area contributed by atoms with E-state index >= 15 is 0 Å². The monoisotopic (exact) mass is 517 g/mol. The van der Waals surface area contributed by atoms with Crippen LogP contribution in [0.4, 0.5) is 4.39 Å². The predicted octanol–water partition coefficient (Wildman–Crippen LogP) is 6.27. The van der Waals surface area contributed by atoms with Gasteiger partial charge in [-0.1, -0.05) is 50.2 Å². The lowest BCUT2D eigenvalue weighted by Crippen LogP contribution is -2.29. The van der Waals surface area contributed by atoms with E-state index in [-0.39, 0.29) is 23.4 Å². The van der Waals surface area contributed by atoms with Gasteiger partial charge in [-0.05, 0) is 66.8 Å². The molecule has 1 amide bonds. The molecule has 7 heteroatoms. The molecule has 4 rings (SSSR count). The molecule has 1 heterocycles. The van der Waals surface area contributed by atoms with Gasteiger partial charge in [0.15, 0.2) is 11.5 Å². The average molecular weight is 518 g/mol. The van der Waals surface area contributed by atoms with Gasteiger partial charge < -0.3 is 19.5 Å². The van der Waals surface area contributed by atoms with Crippen LogP contribution in [0, 0.1) is 11.7 Å². The maximum Gasteiger partial charge on any atom is 0.295 e. The lowest BCUT2D eigenvalue weighted by molar-refractivity contribution is -0.140. The Morgan fingerprint density at radius 1 is 0.974 bits per heavy atom. The Labute approximate surface area is 222 Å². The van der Waals surface area contributed by atoms with E-state index in [1.165, 1.54) is 29.2 Å². The minimum absolute atomic E-state index is 0.0616. The molecule has 1 aliphatic rings. The molecule has 0 spiro atoms. The number of nitrogens with zero attached hydrogens (tertiary/aromatic N) is 1. The number of carbonyl (C=O) groups excluding carboxylic acids is 2. The summed E-state index contributed by atoms with van der Waals surface area (Å²) in [4.78, 5) is 28.0. The van der Waals surface area contributed by atoms with Crippen LogP contribution >= 0.6 is 0 Å². The van der Waals surface area contributed by atoms with Crippen molar-refractivity contribution in [3.05, 3.63) is 101 Å². The molecule has 3 aromatic rings. The second-order valence-electron chi connectivity index (χ2n) is 9.59. The zero-order chi connectivity index (χ0) is 27.2. The molecule has 38 heavy (non-hydrogen) atoms. The summed E-state index contributed by atoms with van der Waals surface area (Å²) < 4.78 is 25.4. The third-order valence-corrected chi connectivity index (χ3v) is 6.39. The molecular formula is C31H32FNO5. The van der Waals surface area contributed by atoms with Crippen LogP contribution in [0.3, 0.4) is 0 Å². The summed E-state index contributed by atoms with van der Waals surface area (Å²) in [6, 6.07) is 18.9. The second kappa shape index (κ2) is 11.9. The molecule has 1 unspecified atom stereocenters. The maximum absolute atomic E-state index is 13.5. The van der Waals surface area contributed by atoms with E-state index in [2.05, 4.69) is 13.8 Å². The fraction of sp³-hybridized carbons (Fsp3) is 0.290. The number of hydrogen-bond donors (Lipinski definition) is 1. The zero-order valence-corrected chi connectivity index (χ0v) is 21.8. The smallest absolute Gasteiger partial charge is 0.295 e. The van der Waals surface area contributed by atoms with Gasteiger partial charge in [-0.3, -0.25) is 9.59 Å². The van der Waals surface area contributed by atoms with Crippen LogP contribution in [0.1, 0.15) is 49.9 Å². The van der Waals surface area contributed by atoms with Crippen LogP contribution < -0.4 is 9.47 Å². The summed E-state index contributed by atoms with van der Waals surface area (Å²) in [5.74, 6) is -0.832. The average Bonchev–Trinajstić information content (AvgIpc) is 3.15. The molecule has 3 aromatic carbocycles. The van der Waals surface area contributed by atoms with Gasteiger partial charge >= 0.3 is 0 Å². The van der Waals surface area contributed by atoms with Gasteiger partial charge in [0.25, 0.3) is 11.7 Å². The number of carbonyl (C=O) groups is 2. The van der Waals surface area contributed by atoms with Crippen molar-refractivity contribution in [3.63, 3.8) is 0 Å². The van der Waals surface area contributed by atoms with Crippen LogP contribution in [-0.2, 0) is 16.1 Å². The first-order chi connectivity index (χ1) is 18.3. The van der Waals surface area contributed by atoms with Crippen LogP contribution in [0.25, 0.3) is 5.76 Å². The lowest BCUT2D eigenvalue weighted by Gasteiger charge is -2.26. The number of ether oxygens (including phenoxy) is 2. The lowest BCUT2D eigenvalue weighted by atomic mass is 9.94. The molecule has 0 bridgehead atoms. The molecule has 1 saturated heterocycles. The van der Waals surface area contributed by atoms with E-state index < -0.39 is 23.5 Å². The summed E-state index contributed by atoms with van der Waals surface area (Å²) in [6.45, 7) is 7.17. The van der Waals surface area contributed by atoms with E-state index in [9.17, 15) is 19.1 Å². The van der Waals surface area contributed by atoms with Gasteiger partial charge in [-0.25, -0.2) is 4.39 Å². The number of hydrogen-bond acceptors (Lipinski definition) is 5. The van der Waals surface area contributed by atoms with E-state index in [1.807, 2.05) is 37.3 Å². The Balaban J connectivity index is 1.81. The Morgan fingerprint density at radius 3 is 2.34 bits per heavy atom. The van der Waals surface area contributed by atoms with Crippen LogP contribution in [-0.4, -0.2) is 34.9 Å².